The summed E-state index contributed by atoms with van der Waals surface area (Å²) in [5.74, 6) is 1.55. The van der Waals surface area contributed by atoms with Gasteiger partial charge in [-0.15, -0.1) is 0 Å². The summed E-state index contributed by atoms with van der Waals surface area (Å²) in [7, 11) is 0. The molecule has 4 rings (SSSR count). The summed E-state index contributed by atoms with van der Waals surface area (Å²) in [6.07, 6.45) is 7.67. The molecule has 31 heavy (non-hydrogen) atoms. The third-order valence-electron chi connectivity index (χ3n) is 7.84. The second kappa shape index (κ2) is 9.06. The minimum atomic E-state index is 0.229. The van der Waals surface area contributed by atoms with Crippen molar-refractivity contribution in [2.75, 3.05) is 18.0 Å². The molecule has 2 aromatic carbocycles. The number of hydrogen-bond acceptors (Lipinski definition) is 3. The number of aldehydes is 1. The van der Waals surface area contributed by atoms with Crippen molar-refractivity contribution in [3.63, 3.8) is 0 Å². The predicted molar refractivity (Wildman–Crippen MR) is 128 cm³/mol. The minimum absolute atomic E-state index is 0.229. The van der Waals surface area contributed by atoms with E-state index in [1.165, 1.54) is 35.2 Å². The van der Waals surface area contributed by atoms with E-state index in [0.717, 1.165) is 45.1 Å². The monoisotopic (exact) mass is 419 g/mol. The highest BCUT2D eigenvalue weighted by molar-refractivity contribution is 5.56. The number of rotatable bonds is 6. The van der Waals surface area contributed by atoms with E-state index in [1.807, 2.05) is 12.1 Å². The van der Waals surface area contributed by atoms with Gasteiger partial charge in [-0.25, -0.2) is 0 Å². The Balaban J connectivity index is 1.65. The SMILES string of the molecule is CCCC(C)(C)[C@@H]1CCc2cc(O)ccc2[C@H]1c1ccc(N2CCC(C=O)CC2)cc1. The van der Waals surface area contributed by atoms with E-state index >= 15 is 0 Å². The smallest absolute Gasteiger partial charge is 0.123 e. The van der Waals surface area contributed by atoms with E-state index in [4.69, 9.17) is 0 Å². The number of nitrogens with zero attached hydrogens (tertiary/aromatic N) is 1. The third-order valence-corrected chi connectivity index (χ3v) is 7.84. The maximum atomic E-state index is 11.1. The molecule has 3 nitrogen and oxygen atoms in total. The van der Waals surface area contributed by atoms with Crippen LogP contribution in [0.25, 0.3) is 0 Å². The molecule has 0 radical (unpaired) electrons. The third kappa shape index (κ3) is 4.51. The number of phenols is 1. The van der Waals surface area contributed by atoms with Crippen molar-refractivity contribution in [2.45, 2.75) is 65.2 Å². The van der Waals surface area contributed by atoms with E-state index in [9.17, 15) is 9.90 Å². The topological polar surface area (TPSA) is 40.5 Å². The first kappa shape index (κ1) is 21.9. The van der Waals surface area contributed by atoms with Gasteiger partial charge in [0.1, 0.15) is 12.0 Å². The maximum Gasteiger partial charge on any atom is 0.123 e. The molecule has 0 unspecified atom stereocenters. The van der Waals surface area contributed by atoms with Crippen molar-refractivity contribution in [2.24, 2.45) is 17.3 Å². The van der Waals surface area contributed by atoms with E-state index in [1.54, 1.807) is 0 Å². The van der Waals surface area contributed by atoms with Gasteiger partial charge in [0.25, 0.3) is 0 Å². The fourth-order valence-electron chi connectivity index (χ4n) is 6.08. The van der Waals surface area contributed by atoms with Gasteiger partial charge in [0.15, 0.2) is 0 Å². The van der Waals surface area contributed by atoms with Crippen molar-refractivity contribution in [3.8, 4) is 5.75 Å². The Morgan fingerprint density at radius 1 is 1.06 bits per heavy atom. The number of phenolic OH excluding ortho intramolecular Hbond substituents is 1. The fourth-order valence-corrected chi connectivity index (χ4v) is 6.08. The highest BCUT2D eigenvalue weighted by Crippen LogP contribution is 2.51. The number of carbonyl (C=O) groups excluding carboxylic acids is 1. The largest absolute Gasteiger partial charge is 0.508 e. The summed E-state index contributed by atoms with van der Waals surface area (Å²) in [6.45, 7) is 9.07. The molecule has 1 N–H and O–H groups in total. The Morgan fingerprint density at radius 3 is 2.42 bits per heavy atom. The minimum Gasteiger partial charge on any atom is -0.508 e. The lowest BCUT2D eigenvalue weighted by atomic mass is 9.60. The van der Waals surface area contributed by atoms with Crippen LogP contribution in [0.15, 0.2) is 42.5 Å². The van der Waals surface area contributed by atoms with Crippen molar-refractivity contribution in [3.05, 3.63) is 59.2 Å². The summed E-state index contributed by atoms with van der Waals surface area (Å²) in [5, 5.41) is 10.0. The van der Waals surface area contributed by atoms with Gasteiger partial charge in [-0.2, -0.15) is 0 Å². The maximum absolute atomic E-state index is 11.1. The normalized spacial score (nSPS) is 22.2. The number of piperidine rings is 1. The molecule has 1 saturated heterocycles. The number of aromatic hydroxyl groups is 1. The molecule has 2 aromatic rings. The number of anilines is 1. The highest BCUT2D eigenvalue weighted by atomic mass is 16.3. The van der Waals surface area contributed by atoms with Gasteiger partial charge in [-0.1, -0.05) is 45.4 Å². The summed E-state index contributed by atoms with van der Waals surface area (Å²) in [5.41, 5.74) is 5.60. The average Bonchev–Trinajstić information content (AvgIpc) is 2.78. The molecule has 2 atom stereocenters. The van der Waals surface area contributed by atoms with E-state index in [-0.39, 0.29) is 11.3 Å². The van der Waals surface area contributed by atoms with Crippen molar-refractivity contribution in [1.82, 2.24) is 0 Å². The quantitative estimate of drug-likeness (QED) is 0.556. The van der Waals surface area contributed by atoms with Crippen molar-refractivity contribution >= 4 is 12.0 Å². The molecule has 1 heterocycles. The van der Waals surface area contributed by atoms with Crippen LogP contribution in [-0.2, 0) is 11.2 Å². The summed E-state index contributed by atoms with van der Waals surface area (Å²) in [4.78, 5) is 13.5. The van der Waals surface area contributed by atoms with Gasteiger partial charge in [-0.05, 0) is 84.4 Å². The van der Waals surface area contributed by atoms with E-state index < -0.39 is 0 Å². The molecular weight excluding hydrogens is 382 g/mol. The summed E-state index contributed by atoms with van der Waals surface area (Å²) in [6, 6.07) is 15.2. The second-order valence-electron chi connectivity index (χ2n) is 10.3. The number of fused-ring (bicyclic) bond motifs is 1. The number of aryl methyl sites for hydroxylation is 1. The van der Waals surface area contributed by atoms with Crippen LogP contribution in [-0.4, -0.2) is 24.5 Å². The summed E-state index contributed by atoms with van der Waals surface area (Å²) >= 11 is 0. The van der Waals surface area contributed by atoms with Crippen LogP contribution in [0, 0.1) is 17.3 Å². The molecule has 2 aliphatic rings. The second-order valence-corrected chi connectivity index (χ2v) is 10.3. The first-order valence-corrected chi connectivity index (χ1v) is 12.0. The molecule has 0 bridgehead atoms. The molecule has 0 saturated carbocycles. The average molecular weight is 420 g/mol. The van der Waals surface area contributed by atoms with Gasteiger partial charge in [0.05, 0.1) is 0 Å². The molecule has 1 aliphatic carbocycles. The lowest BCUT2D eigenvalue weighted by molar-refractivity contribution is -0.111. The van der Waals surface area contributed by atoms with Crippen LogP contribution >= 0.6 is 0 Å². The van der Waals surface area contributed by atoms with Crippen LogP contribution in [0.2, 0.25) is 0 Å². The van der Waals surface area contributed by atoms with E-state index in [0.29, 0.717) is 17.6 Å². The Kier molecular flexibility index (Phi) is 6.41. The first-order valence-electron chi connectivity index (χ1n) is 12.0. The molecule has 166 valence electrons. The Bertz CT molecular complexity index is 894. The number of carbonyl (C=O) groups is 1. The van der Waals surface area contributed by atoms with Crippen molar-refractivity contribution in [1.29, 1.82) is 0 Å². The molecule has 0 aromatic heterocycles. The zero-order valence-electron chi connectivity index (χ0n) is 19.3. The number of hydrogen-bond donors (Lipinski definition) is 1. The zero-order chi connectivity index (χ0) is 22.0. The first-order chi connectivity index (χ1) is 14.9. The zero-order valence-corrected chi connectivity index (χ0v) is 19.3. The molecule has 0 amide bonds. The molecule has 1 aliphatic heterocycles. The standard InChI is InChI=1S/C28H37NO2/c1-4-15-28(2,3)26-12-7-22-18-24(31)10-11-25(22)27(26)21-5-8-23(9-6-21)29-16-13-20(19-30)14-17-29/h5-6,8-11,18-20,26-27,31H,4,7,12-17H2,1-3H3/t26-,27-/m1/s1. The Labute approximate surface area is 187 Å². The molecule has 3 heteroatoms. The fraction of sp³-hybridized carbons (Fsp3) is 0.536. The highest BCUT2D eigenvalue weighted by Gasteiger charge is 2.39. The number of benzene rings is 2. The van der Waals surface area contributed by atoms with Crippen LogP contribution in [0.1, 0.15) is 75.5 Å². The lowest BCUT2D eigenvalue weighted by Gasteiger charge is -2.44. The predicted octanol–water partition coefficient (Wildman–Crippen LogP) is 6.33. The van der Waals surface area contributed by atoms with Crippen LogP contribution in [0.5, 0.6) is 5.75 Å². The Morgan fingerprint density at radius 2 is 1.77 bits per heavy atom. The van der Waals surface area contributed by atoms with Crippen molar-refractivity contribution < 1.29 is 9.90 Å². The van der Waals surface area contributed by atoms with Crippen LogP contribution < -0.4 is 4.90 Å². The van der Waals surface area contributed by atoms with Gasteiger partial charge in [0, 0.05) is 30.6 Å². The molecule has 1 fully saturated rings. The van der Waals surface area contributed by atoms with Crippen LogP contribution in [0.4, 0.5) is 5.69 Å². The van der Waals surface area contributed by atoms with Gasteiger partial charge in [-0.3, -0.25) is 0 Å². The summed E-state index contributed by atoms with van der Waals surface area (Å²) < 4.78 is 0. The van der Waals surface area contributed by atoms with Gasteiger partial charge in [0.2, 0.25) is 0 Å². The van der Waals surface area contributed by atoms with Gasteiger partial charge >= 0.3 is 0 Å². The Hall–Kier alpha value is -2.29. The van der Waals surface area contributed by atoms with Crippen LogP contribution in [0.3, 0.4) is 0 Å². The lowest BCUT2D eigenvalue weighted by Crippen LogP contribution is -2.34. The van der Waals surface area contributed by atoms with Gasteiger partial charge < -0.3 is 14.8 Å². The molecular formula is C28H37NO2. The van der Waals surface area contributed by atoms with E-state index in [2.05, 4.69) is 56.0 Å². The molecule has 0 spiro atoms.